The smallest absolute Gasteiger partial charge is 0.0938 e. The normalized spacial score (nSPS) is 38.2. The van der Waals surface area contributed by atoms with Crippen LogP contribution in [0.5, 0.6) is 0 Å². The van der Waals surface area contributed by atoms with Crippen molar-refractivity contribution in [3.8, 4) is 0 Å². The first kappa shape index (κ1) is 6.52. The van der Waals surface area contributed by atoms with E-state index in [0.717, 1.165) is 19.3 Å². The third kappa shape index (κ3) is 1.44. The Hall–Kier alpha value is 0.400. The minimum atomic E-state index is 0.0828. The summed E-state index contributed by atoms with van der Waals surface area (Å²) in [5.74, 6) is 0. The Kier molecular flexibility index (Phi) is 2.28. The van der Waals surface area contributed by atoms with Gasteiger partial charge in [0.1, 0.15) is 0 Å². The van der Waals surface area contributed by atoms with E-state index in [1.54, 1.807) is 0 Å². The van der Waals surface area contributed by atoms with E-state index in [2.05, 4.69) is 20.8 Å². The van der Waals surface area contributed by atoms with Gasteiger partial charge in [0.2, 0.25) is 0 Å². The summed E-state index contributed by atoms with van der Waals surface area (Å²) in [6.45, 7) is 0. The van der Waals surface area contributed by atoms with Gasteiger partial charge in [-0.1, -0.05) is 15.9 Å². The summed E-state index contributed by atoms with van der Waals surface area (Å²) in [5, 5.41) is 8.16. The van der Waals surface area contributed by atoms with E-state index in [9.17, 15) is 0 Å². The molecular weight excluding hydrogens is 172 g/mol. The average Bonchev–Trinajstić information content (AvgIpc) is 2.14. The Morgan fingerprint density at radius 3 is 2.50 bits per heavy atom. The van der Waals surface area contributed by atoms with E-state index in [-0.39, 0.29) is 6.10 Å². The highest BCUT2D eigenvalue weighted by Gasteiger charge is 2.22. The Balaban J connectivity index is 2.22. The van der Waals surface area contributed by atoms with Crippen LogP contribution in [0.1, 0.15) is 19.3 Å². The van der Waals surface area contributed by atoms with Crippen molar-refractivity contribution in [3.05, 3.63) is 0 Å². The average molecular weight is 181 g/mol. The Morgan fingerprint density at radius 1 is 1.50 bits per heavy atom. The summed E-state index contributed by atoms with van der Waals surface area (Å²) >= 11 is 3.43. The molecule has 0 spiro atoms. The van der Waals surface area contributed by atoms with Crippen molar-refractivity contribution >= 4 is 15.9 Å². The van der Waals surface area contributed by atoms with E-state index in [0.29, 0.717) is 4.83 Å². The molecule has 3 heteroatoms. The number of alkyl halides is 1. The van der Waals surface area contributed by atoms with Crippen LogP contribution in [0.2, 0.25) is 0 Å². The minimum absolute atomic E-state index is 0.0828. The van der Waals surface area contributed by atoms with Crippen molar-refractivity contribution in [2.45, 2.75) is 30.2 Å². The van der Waals surface area contributed by atoms with Gasteiger partial charge in [0.15, 0.2) is 0 Å². The molecule has 0 aromatic carbocycles. The molecule has 0 heterocycles. The maximum Gasteiger partial charge on any atom is 0.0938 e. The molecule has 8 heavy (non-hydrogen) atoms. The van der Waals surface area contributed by atoms with E-state index in [4.69, 9.17) is 5.26 Å². The molecule has 0 bridgehead atoms. The lowest BCUT2D eigenvalue weighted by atomic mass is 10.3. The first-order chi connectivity index (χ1) is 3.83. The predicted octanol–water partition coefficient (Wildman–Crippen LogP) is 1.79. The molecule has 1 saturated carbocycles. The van der Waals surface area contributed by atoms with Gasteiger partial charge in [0, 0.05) is 4.83 Å². The van der Waals surface area contributed by atoms with Crippen LogP contribution < -0.4 is 0 Å². The van der Waals surface area contributed by atoms with Crippen molar-refractivity contribution < 1.29 is 10.1 Å². The molecule has 2 atom stereocenters. The van der Waals surface area contributed by atoms with Crippen LogP contribution in [-0.2, 0) is 4.89 Å². The Labute approximate surface area is 56.9 Å². The first-order valence-electron chi connectivity index (χ1n) is 2.77. The van der Waals surface area contributed by atoms with Crippen LogP contribution in [0.3, 0.4) is 0 Å². The van der Waals surface area contributed by atoms with Gasteiger partial charge in [-0.15, -0.1) is 0 Å². The molecule has 0 radical (unpaired) electrons. The fourth-order valence-corrected chi connectivity index (χ4v) is 1.66. The zero-order chi connectivity index (χ0) is 5.98. The third-order valence-corrected chi connectivity index (χ3v) is 2.30. The topological polar surface area (TPSA) is 29.5 Å². The van der Waals surface area contributed by atoms with Gasteiger partial charge in [0.05, 0.1) is 6.10 Å². The molecular formula is C5H9BrO2. The van der Waals surface area contributed by atoms with Crippen LogP contribution in [0.4, 0.5) is 0 Å². The second-order valence-electron chi connectivity index (χ2n) is 2.14. The second-order valence-corrected chi connectivity index (χ2v) is 3.43. The Morgan fingerprint density at radius 2 is 2.25 bits per heavy atom. The van der Waals surface area contributed by atoms with Gasteiger partial charge in [-0.05, 0) is 19.3 Å². The number of rotatable bonds is 1. The summed E-state index contributed by atoms with van der Waals surface area (Å²) in [6.07, 6.45) is 3.12. The van der Waals surface area contributed by atoms with E-state index < -0.39 is 0 Å². The van der Waals surface area contributed by atoms with Gasteiger partial charge in [-0.2, -0.15) is 0 Å². The lowest BCUT2D eigenvalue weighted by Crippen LogP contribution is -2.04. The van der Waals surface area contributed by atoms with Crippen LogP contribution in [0, 0.1) is 0 Å². The van der Waals surface area contributed by atoms with Gasteiger partial charge < -0.3 is 0 Å². The molecule has 1 fully saturated rings. The van der Waals surface area contributed by atoms with Crippen LogP contribution >= 0.6 is 15.9 Å². The van der Waals surface area contributed by atoms with E-state index >= 15 is 0 Å². The quantitative estimate of drug-likeness (QED) is 0.379. The molecule has 1 aliphatic rings. The monoisotopic (exact) mass is 180 g/mol. The zero-order valence-corrected chi connectivity index (χ0v) is 6.10. The lowest BCUT2D eigenvalue weighted by molar-refractivity contribution is -0.276. The molecule has 1 aliphatic carbocycles. The molecule has 1 N–H and O–H groups in total. The van der Waals surface area contributed by atoms with Crippen molar-refractivity contribution in [2.24, 2.45) is 0 Å². The lowest BCUT2D eigenvalue weighted by Gasteiger charge is -2.00. The predicted molar refractivity (Wildman–Crippen MR) is 34.1 cm³/mol. The molecule has 0 aliphatic heterocycles. The van der Waals surface area contributed by atoms with E-state index in [1.807, 2.05) is 0 Å². The molecule has 0 aromatic rings. The fourth-order valence-electron chi connectivity index (χ4n) is 0.983. The van der Waals surface area contributed by atoms with Crippen molar-refractivity contribution in [2.75, 3.05) is 0 Å². The van der Waals surface area contributed by atoms with Gasteiger partial charge in [-0.25, -0.2) is 4.89 Å². The number of halogens is 1. The van der Waals surface area contributed by atoms with Crippen LogP contribution in [-0.4, -0.2) is 16.2 Å². The highest BCUT2D eigenvalue weighted by molar-refractivity contribution is 9.09. The molecule has 2 nitrogen and oxygen atoms in total. The summed E-state index contributed by atoms with van der Waals surface area (Å²) in [4.78, 5) is 4.71. The molecule has 0 aromatic heterocycles. The molecule has 1 rings (SSSR count). The maximum atomic E-state index is 8.16. The third-order valence-electron chi connectivity index (χ3n) is 1.47. The molecule has 0 amide bonds. The van der Waals surface area contributed by atoms with Crippen molar-refractivity contribution in [1.82, 2.24) is 0 Å². The van der Waals surface area contributed by atoms with Gasteiger partial charge >= 0.3 is 0 Å². The SMILES string of the molecule is OO[C@H]1CC[C@@H](Br)C1. The number of hydrogen-bond donors (Lipinski definition) is 1. The standard InChI is InChI=1S/C5H9BrO2/c6-4-1-2-5(3-4)8-7/h4-5,7H,1-3H2/t4-,5+/m1/s1. The first-order valence-corrected chi connectivity index (χ1v) is 3.69. The number of hydrogen-bond acceptors (Lipinski definition) is 2. The van der Waals surface area contributed by atoms with Crippen LogP contribution in [0.15, 0.2) is 0 Å². The summed E-state index contributed by atoms with van der Waals surface area (Å²) in [7, 11) is 0. The van der Waals surface area contributed by atoms with Crippen molar-refractivity contribution in [3.63, 3.8) is 0 Å². The highest BCUT2D eigenvalue weighted by atomic mass is 79.9. The fraction of sp³-hybridized carbons (Fsp3) is 1.00. The molecule has 0 saturated heterocycles. The Bertz CT molecular complexity index is 76.8. The zero-order valence-electron chi connectivity index (χ0n) is 4.51. The van der Waals surface area contributed by atoms with Gasteiger partial charge in [-0.3, -0.25) is 5.26 Å². The summed E-state index contributed by atoms with van der Waals surface area (Å²) < 4.78 is 0. The maximum absolute atomic E-state index is 8.16. The van der Waals surface area contributed by atoms with Crippen LogP contribution in [0.25, 0.3) is 0 Å². The molecule has 48 valence electrons. The second kappa shape index (κ2) is 2.80. The molecule has 0 unspecified atom stereocenters. The van der Waals surface area contributed by atoms with Gasteiger partial charge in [0.25, 0.3) is 0 Å². The highest BCUT2D eigenvalue weighted by Crippen LogP contribution is 2.26. The summed E-state index contributed by atoms with van der Waals surface area (Å²) in [5.41, 5.74) is 0. The van der Waals surface area contributed by atoms with Crippen molar-refractivity contribution in [1.29, 1.82) is 0 Å². The summed E-state index contributed by atoms with van der Waals surface area (Å²) in [6, 6.07) is 0. The largest absolute Gasteiger partial charge is 0.252 e. The minimum Gasteiger partial charge on any atom is -0.252 e. The van der Waals surface area contributed by atoms with E-state index in [1.165, 1.54) is 0 Å².